The molecular weight excluding hydrogens is 250 g/mol. The van der Waals surface area contributed by atoms with E-state index in [0.717, 1.165) is 5.56 Å². The van der Waals surface area contributed by atoms with E-state index in [2.05, 4.69) is 5.32 Å². The molecule has 0 spiro atoms. The Kier molecular flexibility index (Phi) is 3.50. The molecule has 0 radical (unpaired) electrons. The Labute approximate surface area is 109 Å². The highest BCUT2D eigenvalue weighted by Crippen LogP contribution is 2.27. The van der Waals surface area contributed by atoms with Gasteiger partial charge < -0.3 is 15.5 Å². The Morgan fingerprint density at radius 3 is 2.32 bits per heavy atom. The van der Waals surface area contributed by atoms with Gasteiger partial charge in [-0.3, -0.25) is 9.59 Å². The lowest BCUT2D eigenvalue weighted by Crippen LogP contribution is -2.43. The first kappa shape index (κ1) is 13.1. The molecule has 6 nitrogen and oxygen atoms in total. The minimum atomic E-state index is -1.13. The number of nitrogens with one attached hydrogen (secondary N) is 1. The molecule has 2 rings (SSSR count). The summed E-state index contributed by atoms with van der Waals surface area (Å²) in [5.41, 5.74) is 1.01. The zero-order valence-electron chi connectivity index (χ0n) is 10.00. The number of carboxylic acids is 2. The van der Waals surface area contributed by atoms with Crippen LogP contribution in [0.5, 0.6) is 0 Å². The van der Waals surface area contributed by atoms with Crippen LogP contribution in [-0.4, -0.2) is 34.6 Å². The topological polar surface area (TPSA) is 104 Å². The van der Waals surface area contributed by atoms with Gasteiger partial charge >= 0.3 is 11.9 Å². The van der Waals surface area contributed by atoms with Gasteiger partial charge in [0.25, 0.3) is 0 Å². The van der Waals surface area contributed by atoms with Crippen LogP contribution in [0.2, 0.25) is 0 Å². The quantitative estimate of drug-likeness (QED) is 0.696. The third-order valence-corrected chi connectivity index (χ3v) is 3.29. The monoisotopic (exact) mass is 263 g/mol. The molecule has 6 heteroatoms. The number of carbonyl (C=O) groups excluding carboxylic acids is 1. The normalized spacial score (nSPS) is 22.6. The zero-order chi connectivity index (χ0) is 14.0. The van der Waals surface area contributed by atoms with Crippen molar-refractivity contribution < 1.29 is 24.6 Å². The number of piperidine rings is 1. The summed E-state index contributed by atoms with van der Waals surface area (Å²) < 4.78 is 0. The van der Waals surface area contributed by atoms with Gasteiger partial charge in [0.2, 0.25) is 5.91 Å². The molecule has 1 aromatic carbocycles. The molecule has 0 aromatic heterocycles. The van der Waals surface area contributed by atoms with Gasteiger partial charge in [-0.1, -0.05) is 12.1 Å². The zero-order valence-corrected chi connectivity index (χ0v) is 10.00. The van der Waals surface area contributed by atoms with Gasteiger partial charge in [0.1, 0.15) is 5.92 Å². The van der Waals surface area contributed by atoms with Crippen molar-refractivity contribution in [1.29, 1.82) is 0 Å². The van der Waals surface area contributed by atoms with Crippen LogP contribution in [0, 0.1) is 5.92 Å². The van der Waals surface area contributed by atoms with Crippen LogP contribution in [0.15, 0.2) is 24.3 Å². The number of amides is 1. The van der Waals surface area contributed by atoms with Crippen LogP contribution >= 0.6 is 0 Å². The Morgan fingerprint density at radius 1 is 1.16 bits per heavy atom. The Balaban J connectivity index is 2.16. The summed E-state index contributed by atoms with van der Waals surface area (Å²) in [4.78, 5) is 33.1. The van der Waals surface area contributed by atoms with Gasteiger partial charge in [-0.15, -0.1) is 0 Å². The van der Waals surface area contributed by atoms with Gasteiger partial charge in [0, 0.05) is 12.5 Å². The molecule has 0 bridgehead atoms. The van der Waals surface area contributed by atoms with Crippen molar-refractivity contribution in [3.8, 4) is 0 Å². The number of rotatable bonds is 3. The van der Waals surface area contributed by atoms with Gasteiger partial charge in [-0.2, -0.15) is 0 Å². The minimum Gasteiger partial charge on any atom is -0.481 e. The molecule has 0 unspecified atom stereocenters. The first-order valence-electron chi connectivity index (χ1n) is 5.83. The standard InChI is InChI=1S/C13H13NO5/c15-11-10(13(18)19)5-9(6-14-11)7-1-3-8(4-2-7)12(16)17/h1-4,9-10H,5-6H2,(H,14,15)(H,16,17)(H,18,19)/t9-,10+/m0/s1. The van der Waals surface area contributed by atoms with Crippen LogP contribution in [0.4, 0.5) is 0 Å². The maximum Gasteiger partial charge on any atom is 0.335 e. The third kappa shape index (κ3) is 2.73. The van der Waals surface area contributed by atoms with E-state index in [1.807, 2.05) is 0 Å². The summed E-state index contributed by atoms with van der Waals surface area (Å²) >= 11 is 0. The smallest absolute Gasteiger partial charge is 0.335 e. The van der Waals surface area contributed by atoms with Crippen molar-refractivity contribution in [2.45, 2.75) is 12.3 Å². The lowest BCUT2D eigenvalue weighted by atomic mass is 9.85. The number of benzene rings is 1. The van der Waals surface area contributed by atoms with Crippen molar-refractivity contribution in [3.05, 3.63) is 35.4 Å². The van der Waals surface area contributed by atoms with Gasteiger partial charge in [0.05, 0.1) is 5.56 Å². The third-order valence-electron chi connectivity index (χ3n) is 3.29. The lowest BCUT2D eigenvalue weighted by Gasteiger charge is -2.27. The van der Waals surface area contributed by atoms with Crippen molar-refractivity contribution in [2.24, 2.45) is 5.92 Å². The number of aliphatic carboxylic acids is 1. The van der Waals surface area contributed by atoms with E-state index >= 15 is 0 Å². The molecule has 3 N–H and O–H groups in total. The molecule has 1 aliphatic heterocycles. The Hall–Kier alpha value is -2.37. The van der Waals surface area contributed by atoms with E-state index in [1.165, 1.54) is 12.1 Å². The summed E-state index contributed by atoms with van der Waals surface area (Å²) in [5.74, 6) is -3.76. The summed E-state index contributed by atoms with van der Waals surface area (Å²) in [5, 5.41) is 20.3. The number of carboxylic acid groups (broad SMARTS) is 2. The van der Waals surface area contributed by atoms with E-state index in [0.29, 0.717) is 6.54 Å². The van der Waals surface area contributed by atoms with E-state index in [1.54, 1.807) is 12.1 Å². The molecule has 1 fully saturated rings. The van der Waals surface area contributed by atoms with Crippen LogP contribution in [0.25, 0.3) is 0 Å². The molecule has 1 amide bonds. The molecule has 1 heterocycles. The minimum absolute atomic E-state index is 0.110. The predicted molar refractivity (Wildman–Crippen MR) is 64.9 cm³/mol. The van der Waals surface area contributed by atoms with E-state index in [4.69, 9.17) is 10.2 Å². The maximum atomic E-state index is 11.4. The highest BCUT2D eigenvalue weighted by Gasteiger charge is 2.34. The molecule has 1 aliphatic rings. The fourth-order valence-electron chi connectivity index (χ4n) is 2.19. The van der Waals surface area contributed by atoms with Crippen molar-refractivity contribution >= 4 is 17.8 Å². The van der Waals surface area contributed by atoms with Gasteiger partial charge in [-0.05, 0) is 24.1 Å². The molecule has 100 valence electrons. The number of carbonyl (C=O) groups is 3. The Morgan fingerprint density at radius 2 is 1.79 bits per heavy atom. The second kappa shape index (κ2) is 5.09. The number of hydrogen-bond donors (Lipinski definition) is 3. The average molecular weight is 263 g/mol. The first-order chi connectivity index (χ1) is 8.99. The summed E-state index contributed by atoms with van der Waals surface area (Å²) in [6, 6.07) is 6.27. The molecule has 19 heavy (non-hydrogen) atoms. The number of aromatic carboxylic acids is 1. The molecule has 0 saturated carbocycles. The van der Waals surface area contributed by atoms with Crippen LogP contribution in [0.1, 0.15) is 28.3 Å². The Bertz CT molecular complexity index is 522. The molecule has 1 saturated heterocycles. The van der Waals surface area contributed by atoms with Crippen molar-refractivity contribution in [3.63, 3.8) is 0 Å². The van der Waals surface area contributed by atoms with E-state index in [9.17, 15) is 14.4 Å². The van der Waals surface area contributed by atoms with E-state index in [-0.39, 0.29) is 17.9 Å². The van der Waals surface area contributed by atoms with Crippen molar-refractivity contribution in [1.82, 2.24) is 5.32 Å². The van der Waals surface area contributed by atoms with E-state index < -0.39 is 23.8 Å². The number of hydrogen-bond acceptors (Lipinski definition) is 3. The molecule has 2 atom stereocenters. The second-order valence-corrected chi connectivity index (χ2v) is 4.50. The highest BCUT2D eigenvalue weighted by molar-refractivity contribution is 5.97. The molecule has 1 aromatic rings. The van der Waals surface area contributed by atoms with Crippen molar-refractivity contribution in [2.75, 3.05) is 6.54 Å². The largest absolute Gasteiger partial charge is 0.481 e. The van der Waals surface area contributed by atoms with Gasteiger partial charge in [0.15, 0.2) is 0 Å². The van der Waals surface area contributed by atoms with Crippen LogP contribution in [0.3, 0.4) is 0 Å². The highest BCUT2D eigenvalue weighted by atomic mass is 16.4. The summed E-state index contributed by atoms with van der Waals surface area (Å²) in [7, 11) is 0. The maximum absolute atomic E-state index is 11.4. The predicted octanol–water partition coefficient (Wildman–Crippen LogP) is 0.689. The molecule has 0 aliphatic carbocycles. The van der Waals surface area contributed by atoms with Crippen LogP contribution in [-0.2, 0) is 9.59 Å². The summed E-state index contributed by atoms with van der Waals surface area (Å²) in [6.07, 6.45) is 0.230. The average Bonchev–Trinajstić information content (AvgIpc) is 2.39. The molecular formula is C13H13NO5. The fraction of sp³-hybridized carbons (Fsp3) is 0.308. The van der Waals surface area contributed by atoms with Gasteiger partial charge in [-0.25, -0.2) is 4.79 Å². The van der Waals surface area contributed by atoms with Crippen LogP contribution < -0.4 is 5.32 Å². The second-order valence-electron chi connectivity index (χ2n) is 4.50. The lowest BCUT2D eigenvalue weighted by molar-refractivity contribution is -0.148. The summed E-state index contributed by atoms with van der Waals surface area (Å²) in [6.45, 7) is 0.370. The first-order valence-corrected chi connectivity index (χ1v) is 5.83. The fourth-order valence-corrected chi connectivity index (χ4v) is 2.19. The SMILES string of the molecule is O=C(O)c1ccc([C@@H]2CNC(=O)[C@H](C(=O)O)C2)cc1.